The zero-order valence-electron chi connectivity index (χ0n) is 15.4. The lowest BCUT2D eigenvalue weighted by atomic mass is 9.82. The molecule has 2 saturated heterocycles. The molecule has 1 aromatic carbocycles. The SMILES string of the molecule is O=C(NCCc1ccccc1)C1CC(=O)N(C2NNC3CCCC(F)C32)C1. The fourth-order valence-electron chi connectivity index (χ4n) is 4.63. The van der Waals surface area contributed by atoms with Crippen molar-refractivity contribution in [2.45, 2.75) is 50.5 Å². The predicted octanol–water partition coefficient (Wildman–Crippen LogP) is 1.13. The third-order valence-electron chi connectivity index (χ3n) is 6.08. The molecule has 2 heterocycles. The molecule has 3 fully saturated rings. The first-order valence-electron chi connectivity index (χ1n) is 9.89. The summed E-state index contributed by atoms with van der Waals surface area (Å²) in [5, 5.41) is 2.94. The van der Waals surface area contributed by atoms with E-state index in [9.17, 15) is 14.0 Å². The van der Waals surface area contributed by atoms with Gasteiger partial charge in [0.25, 0.3) is 0 Å². The summed E-state index contributed by atoms with van der Waals surface area (Å²) in [6, 6.07) is 10.0. The summed E-state index contributed by atoms with van der Waals surface area (Å²) in [5.41, 5.74) is 7.42. The van der Waals surface area contributed by atoms with Crippen molar-refractivity contribution in [3.8, 4) is 0 Å². The number of rotatable bonds is 5. The lowest BCUT2D eigenvalue weighted by Crippen LogP contribution is -2.50. The number of hydrogen-bond donors (Lipinski definition) is 3. The van der Waals surface area contributed by atoms with E-state index in [0.717, 1.165) is 19.3 Å². The second kappa shape index (κ2) is 7.94. The van der Waals surface area contributed by atoms with Crippen LogP contribution in [0.4, 0.5) is 4.39 Å². The molecule has 5 unspecified atom stereocenters. The van der Waals surface area contributed by atoms with Crippen molar-refractivity contribution in [1.29, 1.82) is 0 Å². The molecule has 27 heavy (non-hydrogen) atoms. The Morgan fingerprint density at radius 1 is 1.22 bits per heavy atom. The molecule has 2 amide bonds. The number of hydrogen-bond acceptors (Lipinski definition) is 4. The molecule has 3 N–H and O–H groups in total. The number of nitrogens with one attached hydrogen (secondary N) is 3. The number of carbonyl (C=O) groups is 2. The van der Waals surface area contributed by atoms with Crippen LogP contribution in [0.5, 0.6) is 0 Å². The summed E-state index contributed by atoms with van der Waals surface area (Å²) in [4.78, 5) is 26.7. The fourth-order valence-corrected chi connectivity index (χ4v) is 4.63. The van der Waals surface area contributed by atoms with Crippen molar-refractivity contribution in [1.82, 2.24) is 21.1 Å². The van der Waals surface area contributed by atoms with E-state index in [1.54, 1.807) is 4.90 Å². The van der Waals surface area contributed by atoms with Gasteiger partial charge in [-0.25, -0.2) is 9.82 Å². The quantitative estimate of drug-likeness (QED) is 0.723. The van der Waals surface area contributed by atoms with Gasteiger partial charge in [-0.2, -0.15) is 0 Å². The highest BCUT2D eigenvalue weighted by atomic mass is 19.1. The standard InChI is InChI=1S/C20H27FN4O2/c21-15-7-4-8-16-18(15)19(24-23-16)25-12-14(11-17(25)26)20(27)22-10-9-13-5-2-1-3-6-13/h1-3,5-6,14-16,18-19,23-24H,4,7-12H2,(H,22,27). The van der Waals surface area contributed by atoms with Crippen molar-refractivity contribution in [3.63, 3.8) is 0 Å². The van der Waals surface area contributed by atoms with E-state index in [-0.39, 0.29) is 42.3 Å². The van der Waals surface area contributed by atoms with Crippen molar-refractivity contribution in [3.05, 3.63) is 35.9 Å². The molecule has 0 spiro atoms. The normalized spacial score (nSPS) is 33.1. The summed E-state index contributed by atoms with van der Waals surface area (Å²) in [6.45, 7) is 0.902. The van der Waals surface area contributed by atoms with Gasteiger partial charge in [-0.1, -0.05) is 30.3 Å². The first-order chi connectivity index (χ1) is 13.1. The Morgan fingerprint density at radius 2 is 2.04 bits per heavy atom. The summed E-state index contributed by atoms with van der Waals surface area (Å²) in [7, 11) is 0. The van der Waals surface area contributed by atoms with Crippen LogP contribution in [0, 0.1) is 11.8 Å². The second-order valence-corrected chi connectivity index (χ2v) is 7.84. The average Bonchev–Trinajstić information content (AvgIpc) is 3.27. The number of likely N-dealkylation sites (tertiary alicyclic amines) is 1. The van der Waals surface area contributed by atoms with E-state index in [0.29, 0.717) is 19.5 Å². The van der Waals surface area contributed by atoms with Crippen molar-refractivity contribution in [2.24, 2.45) is 11.8 Å². The van der Waals surface area contributed by atoms with Gasteiger partial charge in [0, 0.05) is 31.5 Å². The minimum atomic E-state index is -0.914. The van der Waals surface area contributed by atoms with E-state index >= 15 is 0 Å². The van der Waals surface area contributed by atoms with Gasteiger partial charge in [0.15, 0.2) is 0 Å². The zero-order chi connectivity index (χ0) is 18.8. The number of alkyl halides is 1. The Balaban J connectivity index is 1.31. The van der Waals surface area contributed by atoms with E-state index in [1.165, 1.54) is 5.56 Å². The number of amides is 2. The number of halogens is 1. The van der Waals surface area contributed by atoms with Crippen LogP contribution in [0.15, 0.2) is 30.3 Å². The summed E-state index contributed by atoms with van der Waals surface area (Å²) < 4.78 is 14.5. The van der Waals surface area contributed by atoms with Gasteiger partial charge in [-0.15, -0.1) is 0 Å². The summed E-state index contributed by atoms with van der Waals surface area (Å²) in [6.07, 6.45) is 2.02. The molecular weight excluding hydrogens is 347 g/mol. The molecular formula is C20H27FN4O2. The maximum Gasteiger partial charge on any atom is 0.225 e. The molecule has 0 bridgehead atoms. The van der Waals surface area contributed by atoms with E-state index in [1.807, 2.05) is 30.3 Å². The van der Waals surface area contributed by atoms with Crippen LogP contribution in [-0.2, 0) is 16.0 Å². The van der Waals surface area contributed by atoms with Gasteiger partial charge in [-0.3, -0.25) is 15.0 Å². The highest BCUT2D eigenvalue weighted by Crippen LogP contribution is 2.35. The van der Waals surface area contributed by atoms with Crippen LogP contribution in [0.1, 0.15) is 31.2 Å². The van der Waals surface area contributed by atoms with Gasteiger partial charge in [0.2, 0.25) is 11.8 Å². The fraction of sp³-hybridized carbons (Fsp3) is 0.600. The van der Waals surface area contributed by atoms with Crippen molar-refractivity contribution >= 4 is 11.8 Å². The van der Waals surface area contributed by atoms with Crippen molar-refractivity contribution in [2.75, 3.05) is 13.1 Å². The van der Waals surface area contributed by atoms with Crippen LogP contribution in [0.25, 0.3) is 0 Å². The summed E-state index contributed by atoms with van der Waals surface area (Å²) in [5.74, 6) is -0.765. The number of carbonyl (C=O) groups excluding carboxylic acids is 2. The molecule has 7 heteroatoms. The van der Waals surface area contributed by atoms with Crippen LogP contribution in [-0.4, -0.2) is 48.2 Å². The Bertz CT molecular complexity index is 686. The van der Waals surface area contributed by atoms with E-state index in [2.05, 4.69) is 16.2 Å². The highest BCUT2D eigenvalue weighted by molar-refractivity contribution is 5.89. The Morgan fingerprint density at radius 3 is 2.85 bits per heavy atom. The topological polar surface area (TPSA) is 73.5 Å². The molecule has 4 rings (SSSR count). The van der Waals surface area contributed by atoms with Crippen LogP contribution >= 0.6 is 0 Å². The first kappa shape index (κ1) is 18.4. The molecule has 1 aromatic rings. The zero-order valence-corrected chi connectivity index (χ0v) is 15.4. The van der Waals surface area contributed by atoms with Gasteiger partial charge in [-0.05, 0) is 31.2 Å². The van der Waals surface area contributed by atoms with Crippen LogP contribution in [0.3, 0.4) is 0 Å². The Kier molecular flexibility index (Phi) is 5.41. The molecule has 3 aliphatic rings. The molecule has 0 radical (unpaired) electrons. The lowest BCUT2D eigenvalue weighted by molar-refractivity contribution is -0.131. The Labute approximate surface area is 158 Å². The van der Waals surface area contributed by atoms with Gasteiger partial charge < -0.3 is 10.2 Å². The monoisotopic (exact) mass is 374 g/mol. The minimum absolute atomic E-state index is 0.0605. The van der Waals surface area contributed by atoms with Crippen LogP contribution < -0.4 is 16.2 Å². The van der Waals surface area contributed by atoms with Gasteiger partial charge in [0.05, 0.1) is 5.92 Å². The molecule has 0 aromatic heterocycles. The maximum atomic E-state index is 14.5. The van der Waals surface area contributed by atoms with Crippen molar-refractivity contribution < 1.29 is 14.0 Å². The largest absolute Gasteiger partial charge is 0.355 e. The first-order valence-corrected chi connectivity index (χ1v) is 9.89. The highest BCUT2D eigenvalue weighted by Gasteiger charge is 2.49. The van der Waals surface area contributed by atoms with Gasteiger partial charge >= 0.3 is 0 Å². The molecule has 1 aliphatic carbocycles. The number of hydrazine groups is 1. The number of nitrogens with zero attached hydrogens (tertiary/aromatic N) is 1. The maximum absolute atomic E-state index is 14.5. The molecule has 5 atom stereocenters. The third kappa shape index (κ3) is 3.84. The average molecular weight is 374 g/mol. The predicted molar refractivity (Wildman–Crippen MR) is 99.1 cm³/mol. The summed E-state index contributed by atoms with van der Waals surface area (Å²) >= 11 is 0. The van der Waals surface area contributed by atoms with E-state index in [4.69, 9.17) is 0 Å². The number of benzene rings is 1. The Hall–Kier alpha value is -1.99. The molecule has 146 valence electrons. The molecule has 1 saturated carbocycles. The molecule has 2 aliphatic heterocycles. The smallest absolute Gasteiger partial charge is 0.225 e. The minimum Gasteiger partial charge on any atom is -0.355 e. The third-order valence-corrected chi connectivity index (χ3v) is 6.08. The second-order valence-electron chi connectivity index (χ2n) is 7.84. The lowest BCUT2D eigenvalue weighted by Gasteiger charge is -2.34. The molecule has 6 nitrogen and oxygen atoms in total. The number of fused-ring (bicyclic) bond motifs is 1. The van der Waals surface area contributed by atoms with E-state index < -0.39 is 6.17 Å². The van der Waals surface area contributed by atoms with Gasteiger partial charge in [0.1, 0.15) is 12.3 Å². The van der Waals surface area contributed by atoms with Crippen LogP contribution in [0.2, 0.25) is 0 Å².